The number of rotatable bonds is 7. The van der Waals surface area contributed by atoms with Gasteiger partial charge in [0.2, 0.25) is 0 Å². The molecule has 2 rings (SSSR count). The molecule has 1 aliphatic heterocycles. The lowest BCUT2D eigenvalue weighted by molar-refractivity contribution is 0.109. The molecule has 0 aromatic carbocycles. The molecule has 0 amide bonds. The van der Waals surface area contributed by atoms with Crippen molar-refractivity contribution in [1.82, 2.24) is 9.97 Å². The smallest absolute Gasteiger partial charge is 0.135 e. The van der Waals surface area contributed by atoms with E-state index < -0.39 is 0 Å². The molecule has 106 valence electrons. The molecule has 0 radical (unpaired) electrons. The third-order valence-corrected chi connectivity index (χ3v) is 3.09. The van der Waals surface area contributed by atoms with Gasteiger partial charge >= 0.3 is 0 Å². The lowest BCUT2D eigenvalue weighted by Crippen LogP contribution is -2.19. The first-order valence-electron chi connectivity index (χ1n) is 7.13. The molecule has 0 saturated heterocycles. The summed E-state index contributed by atoms with van der Waals surface area (Å²) in [6.07, 6.45) is 2.72. The fourth-order valence-electron chi connectivity index (χ4n) is 2.09. The molecular formula is C14H23N3O2. The van der Waals surface area contributed by atoms with Gasteiger partial charge in [-0.3, -0.25) is 0 Å². The van der Waals surface area contributed by atoms with Crippen LogP contribution < -0.4 is 5.32 Å². The molecular weight excluding hydrogens is 242 g/mol. The van der Waals surface area contributed by atoms with Crippen molar-refractivity contribution in [2.24, 2.45) is 0 Å². The monoisotopic (exact) mass is 265 g/mol. The highest BCUT2D eigenvalue weighted by Crippen LogP contribution is 2.22. The summed E-state index contributed by atoms with van der Waals surface area (Å²) in [6.45, 7) is 7.86. The second-order valence-corrected chi connectivity index (χ2v) is 4.59. The van der Waals surface area contributed by atoms with E-state index in [4.69, 9.17) is 9.47 Å². The minimum Gasteiger partial charge on any atom is -0.381 e. The fraction of sp³-hybridized carbons (Fsp3) is 0.714. The van der Waals surface area contributed by atoms with E-state index in [-0.39, 0.29) is 0 Å². The maximum atomic E-state index is 5.51. The van der Waals surface area contributed by atoms with Crippen LogP contribution in [0.1, 0.15) is 37.4 Å². The van der Waals surface area contributed by atoms with Gasteiger partial charge in [-0.25, -0.2) is 9.97 Å². The topological polar surface area (TPSA) is 56.3 Å². The minimum atomic E-state index is 0.618. The Kier molecular flexibility index (Phi) is 5.54. The van der Waals surface area contributed by atoms with Gasteiger partial charge in [-0.05, 0) is 13.3 Å². The van der Waals surface area contributed by atoms with E-state index in [9.17, 15) is 0 Å². The zero-order chi connectivity index (χ0) is 13.5. The third-order valence-electron chi connectivity index (χ3n) is 3.09. The second kappa shape index (κ2) is 7.40. The molecule has 0 spiro atoms. The molecule has 0 atom stereocenters. The Labute approximate surface area is 114 Å². The molecule has 2 heterocycles. The molecule has 1 aromatic heterocycles. The van der Waals surface area contributed by atoms with Crippen molar-refractivity contribution in [2.75, 3.05) is 31.7 Å². The largest absolute Gasteiger partial charge is 0.381 e. The number of anilines is 1. The maximum absolute atomic E-state index is 5.51. The van der Waals surface area contributed by atoms with E-state index in [1.54, 1.807) is 0 Å². The lowest BCUT2D eigenvalue weighted by Gasteiger charge is -2.20. The van der Waals surface area contributed by atoms with Crippen LogP contribution >= 0.6 is 0 Å². The SMILES string of the molecule is CCCNc1nc(CCOCC)nc2c1COCC2. The van der Waals surface area contributed by atoms with Gasteiger partial charge in [0, 0.05) is 31.6 Å². The van der Waals surface area contributed by atoms with Gasteiger partial charge in [0.15, 0.2) is 0 Å². The van der Waals surface area contributed by atoms with Crippen molar-refractivity contribution >= 4 is 5.82 Å². The Bertz CT molecular complexity index is 410. The molecule has 0 bridgehead atoms. The Hall–Kier alpha value is -1.20. The van der Waals surface area contributed by atoms with Gasteiger partial charge in [0.05, 0.1) is 25.5 Å². The number of ether oxygens (including phenoxy) is 2. The molecule has 0 fully saturated rings. The van der Waals surface area contributed by atoms with Crippen molar-refractivity contribution in [1.29, 1.82) is 0 Å². The molecule has 5 heteroatoms. The number of fused-ring (bicyclic) bond motifs is 1. The van der Waals surface area contributed by atoms with Crippen LogP contribution in [0.2, 0.25) is 0 Å². The van der Waals surface area contributed by atoms with Crippen LogP contribution in [-0.4, -0.2) is 36.3 Å². The van der Waals surface area contributed by atoms with Crippen LogP contribution in [-0.2, 0) is 28.9 Å². The molecule has 1 aliphatic rings. The van der Waals surface area contributed by atoms with Crippen LogP contribution in [0.5, 0.6) is 0 Å². The van der Waals surface area contributed by atoms with Crippen LogP contribution in [0, 0.1) is 0 Å². The summed E-state index contributed by atoms with van der Waals surface area (Å²) in [4.78, 5) is 9.26. The van der Waals surface area contributed by atoms with Gasteiger partial charge in [-0.15, -0.1) is 0 Å². The van der Waals surface area contributed by atoms with Crippen molar-refractivity contribution in [3.8, 4) is 0 Å². The summed E-state index contributed by atoms with van der Waals surface area (Å²) >= 11 is 0. The Morgan fingerprint density at radius 1 is 1.32 bits per heavy atom. The number of aromatic nitrogens is 2. The number of hydrogen-bond acceptors (Lipinski definition) is 5. The first-order chi connectivity index (χ1) is 9.35. The van der Waals surface area contributed by atoms with E-state index in [2.05, 4.69) is 22.2 Å². The molecule has 19 heavy (non-hydrogen) atoms. The van der Waals surface area contributed by atoms with Gasteiger partial charge < -0.3 is 14.8 Å². The normalized spacial score (nSPS) is 14.2. The van der Waals surface area contributed by atoms with E-state index in [0.717, 1.165) is 61.9 Å². The lowest BCUT2D eigenvalue weighted by atomic mass is 10.1. The summed E-state index contributed by atoms with van der Waals surface area (Å²) in [5.41, 5.74) is 2.26. The van der Waals surface area contributed by atoms with E-state index in [1.807, 2.05) is 6.92 Å². The van der Waals surface area contributed by atoms with E-state index in [0.29, 0.717) is 13.2 Å². The summed E-state index contributed by atoms with van der Waals surface area (Å²) in [5.74, 6) is 1.81. The Morgan fingerprint density at radius 2 is 2.21 bits per heavy atom. The highest BCUT2D eigenvalue weighted by Gasteiger charge is 2.17. The fourth-order valence-corrected chi connectivity index (χ4v) is 2.09. The van der Waals surface area contributed by atoms with Crippen molar-refractivity contribution in [2.45, 2.75) is 39.7 Å². The zero-order valence-corrected chi connectivity index (χ0v) is 11.9. The number of hydrogen-bond donors (Lipinski definition) is 1. The Morgan fingerprint density at radius 3 is 3.00 bits per heavy atom. The minimum absolute atomic E-state index is 0.618. The maximum Gasteiger partial charge on any atom is 0.135 e. The van der Waals surface area contributed by atoms with Crippen molar-refractivity contribution in [3.63, 3.8) is 0 Å². The molecule has 5 nitrogen and oxygen atoms in total. The summed E-state index contributed by atoms with van der Waals surface area (Å²) in [6, 6.07) is 0. The molecule has 1 aromatic rings. The highest BCUT2D eigenvalue weighted by atomic mass is 16.5. The van der Waals surface area contributed by atoms with Crippen molar-refractivity contribution in [3.05, 3.63) is 17.1 Å². The summed E-state index contributed by atoms with van der Waals surface area (Å²) in [5, 5.41) is 3.38. The predicted molar refractivity (Wildman–Crippen MR) is 74.4 cm³/mol. The Balaban J connectivity index is 2.15. The second-order valence-electron chi connectivity index (χ2n) is 4.59. The van der Waals surface area contributed by atoms with Gasteiger partial charge in [0.25, 0.3) is 0 Å². The van der Waals surface area contributed by atoms with Gasteiger partial charge in [-0.2, -0.15) is 0 Å². The van der Waals surface area contributed by atoms with Crippen LogP contribution in [0.3, 0.4) is 0 Å². The predicted octanol–water partition coefficient (Wildman–Crippen LogP) is 1.95. The zero-order valence-electron chi connectivity index (χ0n) is 11.9. The average Bonchev–Trinajstić information content (AvgIpc) is 2.45. The third kappa shape index (κ3) is 3.88. The first kappa shape index (κ1) is 14.2. The summed E-state index contributed by atoms with van der Waals surface area (Å²) in [7, 11) is 0. The highest BCUT2D eigenvalue weighted by molar-refractivity contribution is 5.47. The molecule has 0 unspecified atom stereocenters. The van der Waals surface area contributed by atoms with E-state index >= 15 is 0 Å². The summed E-state index contributed by atoms with van der Waals surface area (Å²) < 4.78 is 10.9. The molecule has 1 N–H and O–H groups in total. The van der Waals surface area contributed by atoms with Crippen LogP contribution in [0.15, 0.2) is 0 Å². The van der Waals surface area contributed by atoms with Crippen LogP contribution in [0.25, 0.3) is 0 Å². The standard InChI is InChI=1S/C14H23N3O2/c1-3-7-15-14-11-10-19-8-5-12(11)16-13(17-14)6-9-18-4-2/h3-10H2,1-2H3,(H,15,16,17). The number of nitrogens with zero attached hydrogens (tertiary/aromatic N) is 2. The van der Waals surface area contributed by atoms with Crippen molar-refractivity contribution < 1.29 is 9.47 Å². The number of nitrogens with one attached hydrogen (secondary N) is 1. The average molecular weight is 265 g/mol. The first-order valence-corrected chi connectivity index (χ1v) is 7.13. The molecule has 0 aliphatic carbocycles. The van der Waals surface area contributed by atoms with E-state index in [1.165, 1.54) is 0 Å². The van der Waals surface area contributed by atoms with Gasteiger partial charge in [0.1, 0.15) is 11.6 Å². The van der Waals surface area contributed by atoms with Gasteiger partial charge in [-0.1, -0.05) is 6.92 Å². The molecule has 0 saturated carbocycles. The quantitative estimate of drug-likeness (QED) is 0.764. The van der Waals surface area contributed by atoms with Crippen LogP contribution in [0.4, 0.5) is 5.82 Å².